The first-order chi connectivity index (χ1) is 8.49. The lowest BCUT2D eigenvalue weighted by Gasteiger charge is -2.31. The SMILES string of the molecule is Cc1c(Cl)nc(C(C)C)nc1N(C)CC1CCC1. The molecule has 18 heavy (non-hydrogen) atoms. The van der Waals surface area contributed by atoms with Crippen molar-refractivity contribution in [3.63, 3.8) is 0 Å². The summed E-state index contributed by atoms with van der Waals surface area (Å²) in [5, 5.41) is 0.587. The van der Waals surface area contributed by atoms with Crippen molar-refractivity contribution >= 4 is 17.4 Å². The second kappa shape index (κ2) is 5.43. The van der Waals surface area contributed by atoms with Crippen LogP contribution in [-0.4, -0.2) is 23.6 Å². The van der Waals surface area contributed by atoms with Gasteiger partial charge in [0, 0.05) is 25.1 Å². The molecule has 1 aromatic heterocycles. The smallest absolute Gasteiger partial charge is 0.137 e. The molecule has 0 saturated heterocycles. The lowest BCUT2D eigenvalue weighted by Crippen LogP contribution is -2.30. The average Bonchev–Trinajstić information content (AvgIpc) is 2.26. The van der Waals surface area contributed by atoms with Crippen LogP contribution in [0.25, 0.3) is 0 Å². The minimum atomic E-state index is 0.305. The van der Waals surface area contributed by atoms with Crippen LogP contribution >= 0.6 is 11.6 Å². The molecular formula is C14H22ClN3. The molecule has 0 aliphatic heterocycles. The van der Waals surface area contributed by atoms with Crippen LogP contribution in [0.5, 0.6) is 0 Å². The van der Waals surface area contributed by atoms with Gasteiger partial charge in [-0.2, -0.15) is 0 Å². The van der Waals surface area contributed by atoms with E-state index in [4.69, 9.17) is 11.6 Å². The molecule has 1 aliphatic carbocycles. The van der Waals surface area contributed by atoms with Gasteiger partial charge >= 0.3 is 0 Å². The molecule has 1 aromatic rings. The number of nitrogens with zero attached hydrogens (tertiary/aromatic N) is 3. The Hall–Kier alpha value is -0.830. The molecule has 0 atom stereocenters. The van der Waals surface area contributed by atoms with E-state index in [0.29, 0.717) is 11.1 Å². The van der Waals surface area contributed by atoms with Crippen LogP contribution in [0.1, 0.15) is 50.4 Å². The summed E-state index contributed by atoms with van der Waals surface area (Å²) in [7, 11) is 2.11. The van der Waals surface area contributed by atoms with Gasteiger partial charge in [0.2, 0.25) is 0 Å². The van der Waals surface area contributed by atoms with Crippen molar-refractivity contribution in [3.8, 4) is 0 Å². The number of hydrogen-bond donors (Lipinski definition) is 0. The van der Waals surface area contributed by atoms with Crippen LogP contribution in [0.2, 0.25) is 5.15 Å². The zero-order valence-corrected chi connectivity index (χ0v) is 12.5. The topological polar surface area (TPSA) is 29.0 Å². The standard InChI is InChI=1S/C14H22ClN3/c1-9(2)13-16-12(15)10(3)14(17-13)18(4)8-11-6-5-7-11/h9,11H,5-8H2,1-4H3. The third-order valence-corrected chi connectivity index (χ3v) is 4.08. The molecule has 0 unspecified atom stereocenters. The highest BCUT2D eigenvalue weighted by molar-refractivity contribution is 6.30. The third-order valence-electron chi connectivity index (χ3n) is 3.71. The average molecular weight is 268 g/mol. The van der Waals surface area contributed by atoms with Gasteiger partial charge in [0.1, 0.15) is 16.8 Å². The molecule has 1 fully saturated rings. The first-order valence-corrected chi connectivity index (χ1v) is 7.12. The highest BCUT2D eigenvalue weighted by atomic mass is 35.5. The van der Waals surface area contributed by atoms with Gasteiger partial charge in [0.25, 0.3) is 0 Å². The molecule has 2 rings (SSSR count). The molecule has 100 valence electrons. The molecule has 1 heterocycles. The number of halogens is 1. The summed E-state index contributed by atoms with van der Waals surface area (Å²) in [6, 6.07) is 0. The maximum atomic E-state index is 6.21. The van der Waals surface area contributed by atoms with Gasteiger partial charge in [-0.15, -0.1) is 0 Å². The number of hydrogen-bond acceptors (Lipinski definition) is 3. The van der Waals surface area contributed by atoms with Crippen LogP contribution in [0.3, 0.4) is 0 Å². The first-order valence-electron chi connectivity index (χ1n) is 6.74. The lowest BCUT2D eigenvalue weighted by atomic mass is 9.85. The van der Waals surface area contributed by atoms with E-state index >= 15 is 0 Å². The Kier molecular flexibility index (Phi) is 4.10. The molecule has 1 saturated carbocycles. The maximum Gasteiger partial charge on any atom is 0.137 e. The van der Waals surface area contributed by atoms with Crippen LogP contribution in [-0.2, 0) is 0 Å². The second-order valence-corrected chi connectivity index (χ2v) is 6.01. The number of anilines is 1. The van der Waals surface area contributed by atoms with Crippen LogP contribution in [0.4, 0.5) is 5.82 Å². The minimum absolute atomic E-state index is 0.305. The van der Waals surface area contributed by atoms with Gasteiger partial charge in [0.15, 0.2) is 0 Å². The van der Waals surface area contributed by atoms with E-state index in [9.17, 15) is 0 Å². The maximum absolute atomic E-state index is 6.21. The van der Waals surface area contributed by atoms with Gasteiger partial charge in [0.05, 0.1) is 0 Å². The first kappa shape index (κ1) is 13.6. The predicted octanol–water partition coefficient (Wildman–Crippen LogP) is 3.80. The quantitative estimate of drug-likeness (QED) is 0.777. The summed E-state index contributed by atoms with van der Waals surface area (Å²) >= 11 is 6.21. The van der Waals surface area contributed by atoms with E-state index in [1.165, 1.54) is 19.3 Å². The van der Waals surface area contributed by atoms with E-state index in [1.54, 1.807) is 0 Å². The zero-order chi connectivity index (χ0) is 13.3. The fraction of sp³-hybridized carbons (Fsp3) is 0.714. The van der Waals surface area contributed by atoms with Gasteiger partial charge in [-0.3, -0.25) is 0 Å². The monoisotopic (exact) mass is 267 g/mol. The van der Waals surface area contributed by atoms with Crippen molar-refractivity contribution in [2.45, 2.75) is 46.0 Å². The Labute approximate surface area is 115 Å². The molecule has 1 aliphatic rings. The van der Waals surface area contributed by atoms with Gasteiger partial charge < -0.3 is 4.90 Å². The Morgan fingerprint density at radius 1 is 1.33 bits per heavy atom. The van der Waals surface area contributed by atoms with Crippen molar-refractivity contribution < 1.29 is 0 Å². The predicted molar refractivity (Wildman–Crippen MR) is 76.5 cm³/mol. The van der Waals surface area contributed by atoms with Crippen LogP contribution in [0.15, 0.2) is 0 Å². The Morgan fingerprint density at radius 3 is 2.50 bits per heavy atom. The number of rotatable bonds is 4. The van der Waals surface area contributed by atoms with E-state index in [-0.39, 0.29) is 0 Å². The Morgan fingerprint density at radius 2 is 2.00 bits per heavy atom. The van der Waals surface area contributed by atoms with E-state index in [0.717, 1.165) is 29.7 Å². The fourth-order valence-corrected chi connectivity index (χ4v) is 2.44. The Bertz CT molecular complexity index is 427. The molecule has 4 heteroatoms. The third kappa shape index (κ3) is 2.77. The molecule has 0 spiro atoms. The molecular weight excluding hydrogens is 246 g/mol. The van der Waals surface area contributed by atoms with E-state index in [2.05, 4.69) is 35.8 Å². The summed E-state index contributed by atoms with van der Waals surface area (Å²) in [5.41, 5.74) is 0.989. The van der Waals surface area contributed by atoms with E-state index in [1.807, 2.05) is 6.92 Å². The van der Waals surface area contributed by atoms with Crippen molar-refractivity contribution in [3.05, 3.63) is 16.5 Å². The van der Waals surface area contributed by atoms with Crippen LogP contribution < -0.4 is 4.90 Å². The minimum Gasteiger partial charge on any atom is -0.359 e. The summed E-state index contributed by atoms with van der Waals surface area (Å²) < 4.78 is 0. The van der Waals surface area contributed by atoms with E-state index < -0.39 is 0 Å². The summed E-state index contributed by atoms with van der Waals surface area (Å²) in [4.78, 5) is 11.3. The Balaban J connectivity index is 2.23. The summed E-state index contributed by atoms with van der Waals surface area (Å²) in [6.07, 6.45) is 4.07. The molecule has 3 nitrogen and oxygen atoms in total. The summed E-state index contributed by atoms with van der Waals surface area (Å²) in [5.74, 6) is 2.95. The largest absolute Gasteiger partial charge is 0.359 e. The van der Waals surface area contributed by atoms with Crippen LogP contribution in [0, 0.1) is 12.8 Å². The highest BCUT2D eigenvalue weighted by Crippen LogP contribution is 2.30. The van der Waals surface area contributed by atoms with Crippen molar-refractivity contribution in [2.24, 2.45) is 5.92 Å². The van der Waals surface area contributed by atoms with Crippen molar-refractivity contribution in [1.82, 2.24) is 9.97 Å². The highest BCUT2D eigenvalue weighted by Gasteiger charge is 2.22. The lowest BCUT2D eigenvalue weighted by molar-refractivity contribution is 0.321. The molecule has 0 amide bonds. The molecule has 0 radical (unpaired) electrons. The fourth-order valence-electron chi connectivity index (χ4n) is 2.27. The molecule has 0 bridgehead atoms. The molecule has 0 N–H and O–H groups in total. The van der Waals surface area contributed by atoms with Gasteiger partial charge in [-0.05, 0) is 25.7 Å². The number of aromatic nitrogens is 2. The van der Waals surface area contributed by atoms with Crippen molar-refractivity contribution in [2.75, 3.05) is 18.5 Å². The van der Waals surface area contributed by atoms with Gasteiger partial charge in [-0.25, -0.2) is 9.97 Å². The summed E-state index contributed by atoms with van der Waals surface area (Å²) in [6.45, 7) is 7.26. The van der Waals surface area contributed by atoms with Crippen molar-refractivity contribution in [1.29, 1.82) is 0 Å². The normalized spacial score (nSPS) is 15.9. The zero-order valence-electron chi connectivity index (χ0n) is 11.7. The molecule has 0 aromatic carbocycles. The second-order valence-electron chi connectivity index (χ2n) is 5.65. The van der Waals surface area contributed by atoms with Gasteiger partial charge in [-0.1, -0.05) is 31.9 Å².